The fraction of sp³-hybridized carbons (Fsp3) is 0.500. The maximum absolute atomic E-state index is 13.4. The summed E-state index contributed by atoms with van der Waals surface area (Å²) in [5.74, 6) is 2.86. The van der Waals surface area contributed by atoms with E-state index in [2.05, 4.69) is 10.2 Å². The Morgan fingerprint density at radius 2 is 2.05 bits per heavy atom. The zero-order chi connectivity index (χ0) is 15.7. The molecule has 1 heterocycles. The number of rotatable bonds is 6. The molecule has 118 valence electrons. The molecule has 1 fully saturated rings. The molecule has 22 heavy (non-hydrogen) atoms. The second-order valence-corrected chi connectivity index (χ2v) is 5.85. The Labute approximate surface area is 129 Å². The van der Waals surface area contributed by atoms with Gasteiger partial charge in [0.05, 0.1) is 6.10 Å². The van der Waals surface area contributed by atoms with Crippen LogP contribution in [0.15, 0.2) is 18.2 Å². The van der Waals surface area contributed by atoms with Crippen LogP contribution in [0.4, 0.5) is 4.39 Å². The third-order valence-electron chi connectivity index (χ3n) is 3.57. The van der Waals surface area contributed by atoms with E-state index in [9.17, 15) is 4.39 Å². The number of halogens is 1. The first-order valence-corrected chi connectivity index (χ1v) is 7.51. The molecule has 1 aliphatic rings. The molecule has 1 aromatic carbocycles. The summed E-state index contributed by atoms with van der Waals surface area (Å²) >= 11 is 0. The average Bonchev–Trinajstić information content (AvgIpc) is 3.22. The highest BCUT2D eigenvalue weighted by atomic mass is 19.1. The normalized spacial score (nSPS) is 14.4. The molecule has 0 atom stereocenters. The van der Waals surface area contributed by atoms with Crippen molar-refractivity contribution < 1.29 is 13.9 Å². The number of nitrogens with zero attached hydrogens (tertiary/aromatic N) is 3. The van der Waals surface area contributed by atoms with E-state index in [1.807, 2.05) is 25.5 Å². The van der Waals surface area contributed by atoms with Crippen molar-refractivity contribution in [3.63, 3.8) is 0 Å². The lowest BCUT2D eigenvalue weighted by Gasteiger charge is -2.15. The molecule has 0 radical (unpaired) electrons. The van der Waals surface area contributed by atoms with Crippen molar-refractivity contribution >= 4 is 0 Å². The Hall–Kier alpha value is -2.11. The Morgan fingerprint density at radius 3 is 2.73 bits per heavy atom. The van der Waals surface area contributed by atoms with Crippen LogP contribution in [0.3, 0.4) is 0 Å². The Balaban J connectivity index is 1.73. The smallest absolute Gasteiger partial charge is 0.170 e. The average molecular weight is 305 g/mol. The first-order chi connectivity index (χ1) is 10.5. The summed E-state index contributed by atoms with van der Waals surface area (Å²) in [6, 6.07) is 4.27. The summed E-state index contributed by atoms with van der Waals surface area (Å²) in [5.41, 5.74) is 0. The molecule has 0 bridgehead atoms. The molecule has 0 N–H and O–H groups in total. The third kappa shape index (κ3) is 3.21. The van der Waals surface area contributed by atoms with Crippen molar-refractivity contribution in [2.45, 2.75) is 45.3 Å². The minimum atomic E-state index is -0.349. The highest BCUT2D eigenvalue weighted by molar-refractivity contribution is 5.40. The van der Waals surface area contributed by atoms with E-state index in [-0.39, 0.29) is 18.5 Å². The van der Waals surface area contributed by atoms with E-state index in [0.29, 0.717) is 17.4 Å². The highest BCUT2D eigenvalue weighted by Gasteiger charge is 2.29. The minimum absolute atomic E-state index is 0.0551. The lowest BCUT2D eigenvalue weighted by Crippen LogP contribution is -2.09. The van der Waals surface area contributed by atoms with Gasteiger partial charge in [-0.3, -0.25) is 0 Å². The van der Waals surface area contributed by atoms with E-state index in [1.165, 1.54) is 25.0 Å². The highest BCUT2D eigenvalue weighted by Crippen LogP contribution is 2.38. The third-order valence-corrected chi connectivity index (χ3v) is 3.57. The molecular weight excluding hydrogens is 285 g/mol. The van der Waals surface area contributed by atoms with Crippen LogP contribution in [0.25, 0.3) is 0 Å². The number of benzene rings is 1. The molecule has 0 amide bonds. The lowest BCUT2D eigenvalue weighted by molar-refractivity contribution is 0.214. The van der Waals surface area contributed by atoms with Gasteiger partial charge >= 0.3 is 0 Å². The number of ether oxygens (including phenoxy) is 2. The summed E-state index contributed by atoms with van der Waals surface area (Å²) in [6.45, 7) is 4.05. The first-order valence-electron chi connectivity index (χ1n) is 7.51. The molecule has 0 saturated heterocycles. The van der Waals surface area contributed by atoms with E-state index < -0.39 is 0 Å². The molecule has 2 aromatic rings. The van der Waals surface area contributed by atoms with Crippen molar-refractivity contribution in [1.29, 1.82) is 0 Å². The van der Waals surface area contributed by atoms with Gasteiger partial charge in [0.2, 0.25) is 0 Å². The lowest BCUT2D eigenvalue weighted by atomic mass is 10.3. The molecule has 1 aliphatic carbocycles. The van der Waals surface area contributed by atoms with Gasteiger partial charge in [0.25, 0.3) is 0 Å². The topological polar surface area (TPSA) is 49.2 Å². The van der Waals surface area contributed by atoms with Gasteiger partial charge in [-0.1, -0.05) is 0 Å². The van der Waals surface area contributed by atoms with Crippen LogP contribution in [-0.2, 0) is 13.7 Å². The van der Waals surface area contributed by atoms with Gasteiger partial charge in [-0.05, 0) is 38.8 Å². The second kappa shape index (κ2) is 5.94. The summed E-state index contributed by atoms with van der Waals surface area (Å²) < 4.78 is 26.7. The summed E-state index contributed by atoms with van der Waals surface area (Å²) in [7, 11) is 1.95. The van der Waals surface area contributed by atoms with Gasteiger partial charge in [0.15, 0.2) is 17.3 Å². The van der Waals surface area contributed by atoms with E-state index in [0.717, 1.165) is 11.6 Å². The Bertz CT molecular complexity index is 665. The van der Waals surface area contributed by atoms with Crippen molar-refractivity contribution in [2.24, 2.45) is 7.05 Å². The van der Waals surface area contributed by atoms with E-state index in [4.69, 9.17) is 9.47 Å². The second-order valence-electron chi connectivity index (χ2n) is 5.85. The van der Waals surface area contributed by atoms with Crippen LogP contribution in [0.2, 0.25) is 0 Å². The van der Waals surface area contributed by atoms with Gasteiger partial charge < -0.3 is 14.0 Å². The Kier molecular flexibility index (Phi) is 4.00. The number of hydrogen-bond donors (Lipinski definition) is 0. The van der Waals surface area contributed by atoms with Crippen LogP contribution in [0.1, 0.15) is 44.3 Å². The maximum Gasteiger partial charge on any atom is 0.170 e. The standard InChI is InChI=1S/C16H20FN3O2/c1-10(2)22-14-8-12(17)6-7-13(14)21-9-15-18-19-16(20(15)3)11-4-5-11/h6-8,10-11H,4-5,9H2,1-3H3. The quantitative estimate of drug-likeness (QED) is 0.822. The molecular formula is C16H20FN3O2. The first kappa shape index (κ1) is 14.8. The van der Waals surface area contributed by atoms with Crippen LogP contribution in [0, 0.1) is 5.82 Å². The molecule has 1 saturated carbocycles. The molecule has 0 aliphatic heterocycles. The number of hydrogen-bond acceptors (Lipinski definition) is 4. The predicted octanol–water partition coefficient (Wildman–Crippen LogP) is 3.20. The van der Waals surface area contributed by atoms with Crippen LogP contribution < -0.4 is 9.47 Å². The van der Waals surface area contributed by atoms with E-state index >= 15 is 0 Å². The minimum Gasteiger partial charge on any atom is -0.487 e. The molecule has 1 aromatic heterocycles. The van der Waals surface area contributed by atoms with Gasteiger partial charge in [-0.2, -0.15) is 0 Å². The predicted molar refractivity (Wildman–Crippen MR) is 79.5 cm³/mol. The van der Waals surface area contributed by atoms with Crippen molar-refractivity contribution in [3.05, 3.63) is 35.7 Å². The molecule has 0 unspecified atom stereocenters. The summed E-state index contributed by atoms with van der Waals surface area (Å²) in [5, 5.41) is 8.39. The molecule has 3 rings (SSSR count). The van der Waals surface area contributed by atoms with Crippen molar-refractivity contribution in [1.82, 2.24) is 14.8 Å². The van der Waals surface area contributed by atoms with Gasteiger partial charge in [0.1, 0.15) is 18.2 Å². The van der Waals surface area contributed by atoms with Crippen LogP contribution >= 0.6 is 0 Å². The van der Waals surface area contributed by atoms with Crippen molar-refractivity contribution in [2.75, 3.05) is 0 Å². The summed E-state index contributed by atoms with van der Waals surface area (Å²) in [4.78, 5) is 0. The molecule has 5 nitrogen and oxygen atoms in total. The van der Waals surface area contributed by atoms with Crippen LogP contribution in [-0.4, -0.2) is 20.9 Å². The van der Waals surface area contributed by atoms with Gasteiger partial charge in [-0.25, -0.2) is 4.39 Å². The maximum atomic E-state index is 13.4. The monoisotopic (exact) mass is 305 g/mol. The summed E-state index contributed by atoms with van der Waals surface area (Å²) in [6.07, 6.45) is 2.30. The fourth-order valence-corrected chi connectivity index (χ4v) is 2.29. The molecule has 6 heteroatoms. The Morgan fingerprint density at radius 1 is 1.27 bits per heavy atom. The number of aromatic nitrogens is 3. The van der Waals surface area contributed by atoms with Crippen LogP contribution in [0.5, 0.6) is 11.5 Å². The van der Waals surface area contributed by atoms with Gasteiger partial charge in [-0.15, -0.1) is 10.2 Å². The zero-order valence-corrected chi connectivity index (χ0v) is 13.0. The SMILES string of the molecule is CC(C)Oc1cc(F)ccc1OCc1nnc(C2CC2)n1C. The van der Waals surface area contributed by atoms with E-state index in [1.54, 1.807) is 6.07 Å². The van der Waals surface area contributed by atoms with Gasteiger partial charge in [0, 0.05) is 19.0 Å². The molecule has 0 spiro atoms. The largest absolute Gasteiger partial charge is 0.487 e. The zero-order valence-electron chi connectivity index (χ0n) is 13.0. The van der Waals surface area contributed by atoms with Crippen molar-refractivity contribution in [3.8, 4) is 11.5 Å². The fourth-order valence-electron chi connectivity index (χ4n) is 2.29.